The van der Waals surface area contributed by atoms with Gasteiger partial charge in [-0.25, -0.2) is 0 Å². The number of nitrogens with zero attached hydrogens (tertiary/aromatic N) is 1. The van der Waals surface area contributed by atoms with E-state index in [0.717, 1.165) is 37.3 Å². The molecule has 8 heteroatoms. The van der Waals surface area contributed by atoms with E-state index in [2.05, 4.69) is 19.0 Å². The van der Waals surface area contributed by atoms with E-state index in [1.807, 2.05) is 5.32 Å². The standard InChI is InChI=1S/C23H35F3N2O2S/c1-21-7-3-4-16(21)15-13-19(28-30)18-12-14(5-9-22(18,2)17(15)6-8-21)31-11-10-27-20(29)23(24,25)26/h14-18,30H,3-13H2,1-2H3,(H,27,29)/b28-19+/t14-,15+,16+,17+,18?,21+,22-/m1/s1. The Labute approximate surface area is 187 Å². The van der Waals surface area contributed by atoms with E-state index in [-0.39, 0.29) is 17.9 Å². The Morgan fingerprint density at radius 2 is 1.97 bits per heavy atom. The maximum atomic E-state index is 12.3. The Bertz CT molecular complexity index is 730. The molecular weight excluding hydrogens is 425 g/mol. The summed E-state index contributed by atoms with van der Waals surface area (Å²) >= 11 is 1.64. The SMILES string of the molecule is C[C@@]12CCC[C@H]1[C@@H]1C/C(=N\O)C3C[C@H](SCCNC(=O)C(F)(F)F)CC[C@]3(C)[C@H]1CC2. The molecule has 0 heterocycles. The number of hydrogen-bond acceptors (Lipinski definition) is 4. The maximum Gasteiger partial charge on any atom is 0.471 e. The summed E-state index contributed by atoms with van der Waals surface area (Å²) in [5.41, 5.74) is 1.56. The van der Waals surface area contributed by atoms with Crippen LogP contribution in [0, 0.1) is 34.5 Å². The molecule has 2 N–H and O–H groups in total. The smallest absolute Gasteiger partial charge is 0.411 e. The molecule has 0 aromatic carbocycles. The predicted molar refractivity (Wildman–Crippen MR) is 116 cm³/mol. The fourth-order valence-electron chi connectivity index (χ4n) is 7.78. The highest BCUT2D eigenvalue weighted by atomic mass is 32.2. The van der Waals surface area contributed by atoms with Crippen molar-refractivity contribution in [2.45, 2.75) is 83.1 Å². The molecule has 4 fully saturated rings. The number of rotatable bonds is 4. The Morgan fingerprint density at radius 3 is 2.68 bits per heavy atom. The number of carbonyl (C=O) groups is 1. The Morgan fingerprint density at radius 1 is 1.19 bits per heavy atom. The number of thioether (sulfide) groups is 1. The molecule has 0 aromatic heterocycles. The van der Waals surface area contributed by atoms with Crippen LogP contribution in [-0.2, 0) is 4.79 Å². The summed E-state index contributed by atoms with van der Waals surface area (Å²) in [6.07, 6.45) is 5.64. The molecule has 0 bridgehead atoms. The van der Waals surface area contributed by atoms with Gasteiger partial charge in [0.15, 0.2) is 0 Å². The van der Waals surface area contributed by atoms with Crippen molar-refractivity contribution >= 4 is 23.4 Å². The number of amides is 1. The highest BCUT2D eigenvalue weighted by Gasteiger charge is 2.59. The van der Waals surface area contributed by atoms with Gasteiger partial charge < -0.3 is 10.5 Å². The van der Waals surface area contributed by atoms with Gasteiger partial charge in [-0.2, -0.15) is 24.9 Å². The average Bonchev–Trinajstić information content (AvgIpc) is 3.11. The molecule has 0 radical (unpaired) electrons. The normalized spacial score (nSPS) is 43.8. The molecule has 31 heavy (non-hydrogen) atoms. The molecule has 0 aromatic rings. The van der Waals surface area contributed by atoms with E-state index >= 15 is 0 Å². The van der Waals surface area contributed by atoms with E-state index in [9.17, 15) is 23.2 Å². The van der Waals surface area contributed by atoms with Gasteiger partial charge in [0.05, 0.1) is 5.71 Å². The Hall–Kier alpha value is -0.920. The summed E-state index contributed by atoms with van der Waals surface area (Å²) in [7, 11) is 0. The van der Waals surface area contributed by atoms with Crippen LogP contribution in [0.2, 0.25) is 0 Å². The van der Waals surface area contributed by atoms with E-state index < -0.39 is 12.1 Å². The van der Waals surface area contributed by atoms with Crippen molar-refractivity contribution in [2.24, 2.45) is 39.7 Å². The van der Waals surface area contributed by atoms with E-state index in [4.69, 9.17) is 0 Å². The lowest BCUT2D eigenvalue weighted by Gasteiger charge is -2.60. The van der Waals surface area contributed by atoms with Crippen LogP contribution in [0.15, 0.2) is 5.16 Å². The second-order valence-corrected chi connectivity index (χ2v) is 12.2. The number of halogens is 3. The molecule has 0 aliphatic heterocycles. The van der Waals surface area contributed by atoms with Crippen molar-refractivity contribution in [1.29, 1.82) is 0 Å². The van der Waals surface area contributed by atoms with Gasteiger partial charge in [-0.1, -0.05) is 25.4 Å². The zero-order valence-electron chi connectivity index (χ0n) is 18.5. The lowest BCUT2D eigenvalue weighted by molar-refractivity contribution is -0.173. The van der Waals surface area contributed by atoms with Crippen LogP contribution >= 0.6 is 11.8 Å². The quantitative estimate of drug-likeness (QED) is 0.324. The molecule has 4 aliphatic carbocycles. The first kappa shape index (κ1) is 23.2. The van der Waals surface area contributed by atoms with Gasteiger partial charge in [0.2, 0.25) is 0 Å². The summed E-state index contributed by atoms with van der Waals surface area (Å²) in [5.74, 6) is 0.888. The molecule has 4 rings (SSSR count). The van der Waals surface area contributed by atoms with Crippen LogP contribution in [0.25, 0.3) is 0 Å². The lowest BCUT2D eigenvalue weighted by atomic mass is 9.45. The minimum absolute atomic E-state index is 0.0212. The Kier molecular flexibility index (Phi) is 6.34. The van der Waals surface area contributed by atoms with Crippen LogP contribution < -0.4 is 5.32 Å². The average molecular weight is 461 g/mol. The van der Waals surface area contributed by atoms with Crippen LogP contribution in [-0.4, -0.2) is 40.5 Å². The van der Waals surface area contributed by atoms with Crippen LogP contribution in [0.5, 0.6) is 0 Å². The summed E-state index contributed by atoms with van der Waals surface area (Å²) < 4.78 is 37.0. The third kappa shape index (κ3) is 4.22. The molecule has 4 aliphatic rings. The third-order valence-electron chi connectivity index (χ3n) is 9.34. The van der Waals surface area contributed by atoms with Crippen molar-refractivity contribution < 1.29 is 23.2 Å². The van der Waals surface area contributed by atoms with Gasteiger partial charge in [-0.15, -0.1) is 0 Å². The topological polar surface area (TPSA) is 61.7 Å². The predicted octanol–water partition coefficient (Wildman–Crippen LogP) is 5.64. The molecule has 0 spiro atoms. The third-order valence-corrected chi connectivity index (χ3v) is 10.7. The zero-order chi connectivity index (χ0) is 22.4. The number of carbonyl (C=O) groups excluding carboxylic acids is 1. The number of nitrogens with one attached hydrogen (secondary N) is 1. The zero-order valence-corrected chi connectivity index (χ0v) is 19.3. The van der Waals surface area contributed by atoms with Gasteiger partial charge in [0.1, 0.15) is 0 Å². The molecule has 4 saturated carbocycles. The van der Waals surface area contributed by atoms with Gasteiger partial charge in [-0.05, 0) is 80.0 Å². The van der Waals surface area contributed by atoms with Crippen molar-refractivity contribution in [2.75, 3.05) is 12.3 Å². The molecule has 7 atom stereocenters. The Balaban J connectivity index is 1.39. The summed E-state index contributed by atoms with van der Waals surface area (Å²) in [5, 5.41) is 16.0. The largest absolute Gasteiger partial charge is 0.471 e. The van der Waals surface area contributed by atoms with Crippen molar-refractivity contribution in [3.8, 4) is 0 Å². The lowest BCUT2D eigenvalue weighted by Crippen LogP contribution is -2.56. The van der Waals surface area contributed by atoms with E-state index in [0.29, 0.717) is 28.3 Å². The molecule has 1 amide bonds. The van der Waals surface area contributed by atoms with Gasteiger partial charge in [-0.3, -0.25) is 4.79 Å². The fraction of sp³-hybridized carbons (Fsp3) is 0.913. The second-order valence-electron chi connectivity index (χ2n) is 10.8. The van der Waals surface area contributed by atoms with Gasteiger partial charge in [0.25, 0.3) is 0 Å². The first-order valence-electron chi connectivity index (χ1n) is 11.8. The monoisotopic (exact) mass is 460 g/mol. The second kappa shape index (κ2) is 8.45. The number of hydrogen-bond donors (Lipinski definition) is 2. The van der Waals surface area contributed by atoms with Crippen molar-refractivity contribution in [1.82, 2.24) is 5.32 Å². The van der Waals surface area contributed by atoms with Crippen molar-refractivity contribution in [3.05, 3.63) is 0 Å². The highest BCUT2D eigenvalue weighted by Crippen LogP contribution is 2.66. The van der Waals surface area contributed by atoms with Crippen molar-refractivity contribution in [3.63, 3.8) is 0 Å². The fourth-order valence-corrected chi connectivity index (χ4v) is 8.94. The molecule has 4 nitrogen and oxygen atoms in total. The molecular formula is C23H35F3N2O2S. The minimum atomic E-state index is -4.82. The summed E-state index contributed by atoms with van der Waals surface area (Å²) in [6.45, 7) is 4.89. The summed E-state index contributed by atoms with van der Waals surface area (Å²) in [4.78, 5) is 11.0. The van der Waals surface area contributed by atoms with Gasteiger partial charge >= 0.3 is 12.1 Å². The van der Waals surface area contributed by atoms with Gasteiger partial charge in [0, 0.05) is 23.5 Å². The highest BCUT2D eigenvalue weighted by molar-refractivity contribution is 7.99. The first-order valence-corrected chi connectivity index (χ1v) is 12.8. The van der Waals surface area contributed by atoms with Crippen LogP contribution in [0.3, 0.4) is 0 Å². The first-order chi connectivity index (χ1) is 14.6. The van der Waals surface area contributed by atoms with E-state index in [1.165, 1.54) is 32.1 Å². The maximum absolute atomic E-state index is 12.3. The number of oxime groups is 1. The molecule has 0 saturated heterocycles. The summed E-state index contributed by atoms with van der Waals surface area (Å²) in [6, 6.07) is 0. The molecule has 176 valence electrons. The van der Waals surface area contributed by atoms with Crippen LogP contribution in [0.1, 0.15) is 71.6 Å². The minimum Gasteiger partial charge on any atom is -0.411 e. The van der Waals surface area contributed by atoms with Crippen LogP contribution in [0.4, 0.5) is 13.2 Å². The molecule has 1 unspecified atom stereocenters. The number of fused-ring (bicyclic) bond motifs is 5. The number of alkyl halides is 3. The van der Waals surface area contributed by atoms with E-state index in [1.54, 1.807) is 11.8 Å².